The number of hydrogen-bond acceptors (Lipinski definition) is 9. The van der Waals surface area contributed by atoms with Gasteiger partial charge in [0, 0.05) is 6.42 Å². The van der Waals surface area contributed by atoms with Crippen LogP contribution >= 0.6 is 0 Å². The van der Waals surface area contributed by atoms with Crippen LogP contribution < -0.4 is 0 Å². The van der Waals surface area contributed by atoms with Crippen LogP contribution in [0.15, 0.2) is 0 Å². The van der Waals surface area contributed by atoms with Crippen molar-refractivity contribution in [1.82, 2.24) is 0 Å². The summed E-state index contributed by atoms with van der Waals surface area (Å²) in [5.41, 5.74) is -0.257. The molecule has 5 rings (SSSR count). The van der Waals surface area contributed by atoms with Gasteiger partial charge in [0.05, 0.1) is 18.3 Å². The van der Waals surface area contributed by atoms with Gasteiger partial charge in [-0.15, -0.1) is 0 Å². The minimum Gasteiger partial charge on any atom is -0.481 e. The maximum atomic E-state index is 11.6. The fraction of sp³-hybridized carbons (Fsp3) is 0.933. The average molecular weight is 585 g/mol. The summed E-state index contributed by atoms with van der Waals surface area (Å²) in [6.07, 6.45) is -4.35. The number of carboxylic acid groups (broad SMARTS) is 2. The van der Waals surface area contributed by atoms with Gasteiger partial charge in [0.1, 0.15) is 18.3 Å². The third-order valence-corrected chi connectivity index (χ3v) is 12.4. The Morgan fingerprint density at radius 3 is 2.15 bits per heavy atom. The molecule has 0 radical (unpaired) electrons. The fourth-order valence-corrected chi connectivity index (χ4v) is 10.2. The molecule has 11 nitrogen and oxygen atoms in total. The minimum atomic E-state index is -1.79. The van der Waals surface area contributed by atoms with Gasteiger partial charge in [-0.2, -0.15) is 0 Å². The normalized spacial score (nSPS) is 52.1. The van der Waals surface area contributed by atoms with Crippen molar-refractivity contribution in [1.29, 1.82) is 0 Å². The molecule has 0 aromatic rings. The van der Waals surface area contributed by atoms with Gasteiger partial charge in [-0.25, -0.2) is 4.79 Å². The van der Waals surface area contributed by atoms with Gasteiger partial charge in [0.15, 0.2) is 12.4 Å². The quantitative estimate of drug-likeness (QED) is 0.214. The lowest BCUT2D eigenvalue weighted by Gasteiger charge is -2.64. The number of aliphatic hydroxyl groups excluding tert-OH is 5. The Balaban J connectivity index is 1.30. The van der Waals surface area contributed by atoms with E-state index in [1.807, 2.05) is 0 Å². The lowest BCUT2D eigenvalue weighted by molar-refractivity contribution is -0.313. The summed E-state index contributed by atoms with van der Waals surface area (Å²) in [5.74, 6) is -1.45. The smallest absolute Gasteiger partial charge is 0.335 e. The molecule has 4 saturated carbocycles. The number of hydrogen-bond donors (Lipinski definition) is 7. The van der Waals surface area contributed by atoms with Crippen LogP contribution in [0.3, 0.4) is 0 Å². The first-order valence-corrected chi connectivity index (χ1v) is 15.4. The largest absolute Gasteiger partial charge is 0.481 e. The summed E-state index contributed by atoms with van der Waals surface area (Å²) in [5, 5.41) is 72.4. The summed E-state index contributed by atoms with van der Waals surface area (Å²) in [4.78, 5) is 22.7. The fourth-order valence-electron chi connectivity index (χ4n) is 10.2. The Morgan fingerprint density at radius 2 is 1.49 bits per heavy atom. The third-order valence-electron chi connectivity index (χ3n) is 12.4. The lowest BCUT2D eigenvalue weighted by Crippen LogP contribution is -2.65. The molecule has 11 heteroatoms. The maximum absolute atomic E-state index is 11.6. The Labute approximate surface area is 240 Å². The van der Waals surface area contributed by atoms with Crippen LogP contribution in [0.2, 0.25) is 0 Å². The highest BCUT2D eigenvalue weighted by atomic mass is 16.7. The number of carbonyl (C=O) groups is 2. The molecule has 7 N–H and O–H groups in total. The van der Waals surface area contributed by atoms with Crippen molar-refractivity contribution in [2.75, 3.05) is 0 Å². The van der Waals surface area contributed by atoms with Crippen LogP contribution in [-0.2, 0) is 19.1 Å². The number of fused-ring (bicyclic) bond motifs is 5. The predicted molar refractivity (Wildman–Crippen MR) is 143 cm³/mol. The molecule has 5 aliphatic rings. The van der Waals surface area contributed by atoms with Gasteiger partial charge >= 0.3 is 11.9 Å². The van der Waals surface area contributed by atoms with Crippen LogP contribution in [-0.4, -0.2) is 96.7 Å². The lowest BCUT2D eigenvalue weighted by atomic mass is 9.43. The third kappa shape index (κ3) is 5.13. The molecule has 0 bridgehead atoms. The first kappa shape index (κ1) is 31.1. The molecule has 5 fully saturated rings. The van der Waals surface area contributed by atoms with E-state index in [2.05, 4.69) is 20.8 Å². The number of carboxylic acids is 2. The standard InChI is InChI=1S/C30H48O11/c1-13(4-7-19(31)32)15-5-6-16-20-17(9-11-29(15,16)2)30(3)10-8-14(12-18(30)21(33)22(20)34)40-28-25(37)23(35)24(36)26(41-28)27(38)39/h13-18,20-26,28,33-37H,4-12H2,1-3H3,(H,31,32)(H,38,39)/t13-,14-,15-,16+,17+,18+,20+,21-,22+,23+,24+,25-,26+,28-,29-,30-/m1/s1. The highest BCUT2D eigenvalue weighted by Gasteiger charge is 2.65. The van der Waals surface area contributed by atoms with E-state index in [1.165, 1.54) is 0 Å². The zero-order chi connectivity index (χ0) is 30.0. The zero-order valence-electron chi connectivity index (χ0n) is 24.2. The second-order valence-corrected chi connectivity index (χ2v) is 14.3. The van der Waals surface area contributed by atoms with Crippen LogP contribution in [0.5, 0.6) is 0 Å². The van der Waals surface area contributed by atoms with E-state index in [0.29, 0.717) is 31.6 Å². The molecule has 0 spiro atoms. The molecule has 4 aliphatic carbocycles. The van der Waals surface area contributed by atoms with Crippen LogP contribution in [0.1, 0.15) is 78.6 Å². The van der Waals surface area contributed by atoms with Crippen molar-refractivity contribution in [2.24, 2.45) is 46.3 Å². The van der Waals surface area contributed by atoms with E-state index < -0.39 is 61.0 Å². The van der Waals surface area contributed by atoms with Crippen LogP contribution in [0, 0.1) is 46.3 Å². The molecule has 1 aliphatic heterocycles. The molecule has 41 heavy (non-hydrogen) atoms. The van der Waals surface area contributed by atoms with Crippen molar-refractivity contribution < 1.29 is 54.8 Å². The molecule has 1 heterocycles. The van der Waals surface area contributed by atoms with Crippen LogP contribution in [0.4, 0.5) is 0 Å². The second-order valence-electron chi connectivity index (χ2n) is 14.3. The zero-order valence-corrected chi connectivity index (χ0v) is 24.2. The van der Waals surface area contributed by atoms with Gasteiger partial charge < -0.3 is 45.2 Å². The van der Waals surface area contributed by atoms with E-state index in [0.717, 1.165) is 25.7 Å². The van der Waals surface area contributed by atoms with Gasteiger partial charge in [0.25, 0.3) is 0 Å². The van der Waals surface area contributed by atoms with E-state index >= 15 is 0 Å². The number of aliphatic hydroxyl groups is 5. The molecule has 0 aromatic carbocycles. The van der Waals surface area contributed by atoms with E-state index in [9.17, 15) is 45.3 Å². The molecule has 1 saturated heterocycles. The average Bonchev–Trinajstić information content (AvgIpc) is 3.28. The van der Waals surface area contributed by atoms with E-state index in [1.54, 1.807) is 0 Å². The number of ether oxygens (including phenoxy) is 2. The Morgan fingerprint density at radius 1 is 0.829 bits per heavy atom. The first-order valence-electron chi connectivity index (χ1n) is 15.4. The highest BCUT2D eigenvalue weighted by Crippen LogP contribution is 2.68. The summed E-state index contributed by atoms with van der Waals surface area (Å²) in [6.45, 7) is 6.67. The first-order chi connectivity index (χ1) is 19.2. The maximum Gasteiger partial charge on any atom is 0.335 e. The van der Waals surface area contributed by atoms with Gasteiger partial charge in [-0.3, -0.25) is 4.79 Å². The molecule has 16 atom stereocenters. The van der Waals surface area contributed by atoms with Gasteiger partial charge in [-0.05, 0) is 97.7 Å². The number of rotatable bonds is 7. The van der Waals surface area contributed by atoms with Gasteiger partial charge in [-0.1, -0.05) is 20.8 Å². The van der Waals surface area contributed by atoms with Crippen molar-refractivity contribution in [3.05, 3.63) is 0 Å². The highest BCUT2D eigenvalue weighted by molar-refractivity contribution is 5.73. The van der Waals surface area contributed by atoms with E-state index in [-0.39, 0.29) is 46.8 Å². The summed E-state index contributed by atoms with van der Waals surface area (Å²) in [7, 11) is 0. The van der Waals surface area contributed by atoms with Crippen molar-refractivity contribution in [2.45, 2.75) is 128 Å². The Kier molecular flexibility index (Phi) is 8.57. The summed E-state index contributed by atoms with van der Waals surface area (Å²) >= 11 is 0. The van der Waals surface area contributed by atoms with E-state index in [4.69, 9.17) is 9.47 Å². The minimum absolute atomic E-state index is 0.0101. The molecular formula is C30H48O11. The monoisotopic (exact) mass is 584 g/mol. The summed E-state index contributed by atoms with van der Waals surface area (Å²) in [6, 6.07) is 0. The second kappa shape index (κ2) is 11.3. The SMILES string of the molecule is C[C@H](CCC(=O)O)[C@H]1CC[C@H]2[C@@H]3[C@H](O)[C@H](O)[C@@H]4C[C@H](O[C@@H]5O[C@H](C(=O)O)[C@@H](O)[C@H](O)[C@H]5O)CC[C@]4(C)[C@H]3CC[C@]12C. The van der Waals surface area contributed by atoms with Crippen molar-refractivity contribution >= 4 is 11.9 Å². The van der Waals surface area contributed by atoms with Crippen molar-refractivity contribution in [3.8, 4) is 0 Å². The molecule has 0 aromatic heterocycles. The van der Waals surface area contributed by atoms with Gasteiger partial charge in [0.2, 0.25) is 0 Å². The topological polar surface area (TPSA) is 194 Å². The Bertz CT molecular complexity index is 991. The predicted octanol–water partition coefficient (Wildman–Crippen LogP) is 1.37. The molecule has 234 valence electrons. The number of aliphatic carboxylic acids is 2. The molecule has 0 unspecified atom stereocenters. The summed E-state index contributed by atoms with van der Waals surface area (Å²) < 4.78 is 11.3. The Hall–Kier alpha value is -1.34. The molecular weight excluding hydrogens is 536 g/mol. The van der Waals surface area contributed by atoms with Crippen LogP contribution in [0.25, 0.3) is 0 Å². The molecule has 0 amide bonds. The van der Waals surface area contributed by atoms with Crippen molar-refractivity contribution in [3.63, 3.8) is 0 Å².